The summed E-state index contributed by atoms with van der Waals surface area (Å²) in [6.45, 7) is 0. The standard InChI is InChI=1S/C12H13FN2O4S/c1-19-10-4-7(13)2-3-8(10)14-12(18)15-6-20-5-9(15)11(16)17/h2-4,9H,5-6H2,1H3,(H,14,18)(H,16,17)/t9-/m0/s1. The van der Waals surface area contributed by atoms with Crippen LogP contribution in [0.15, 0.2) is 18.2 Å². The van der Waals surface area contributed by atoms with E-state index >= 15 is 0 Å². The number of carboxylic acid groups (broad SMARTS) is 1. The minimum absolute atomic E-state index is 0.178. The van der Waals surface area contributed by atoms with Gasteiger partial charge in [-0.1, -0.05) is 0 Å². The Balaban J connectivity index is 2.13. The number of carboxylic acids is 1. The van der Waals surface area contributed by atoms with Crippen molar-refractivity contribution in [2.45, 2.75) is 6.04 Å². The highest BCUT2D eigenvalue weighted by atomic mass is 32.2. The van der Waals surface area contributed by atoms with Gasteiger partial charge in [-0.15, -0.1) is 11.8 Å². The van der Waals surface area contributed by atoms with Crippen molar-refractivity contribution in [3.05, 3.63) is 24.0 Å². The van der Waals surface area contributed by atoms with Crippen LogP contribution in [-0.4, -0.2) is 46.8 Å². The number of methoxy groups -OCH3 is 1. The summed E-state index contributed by atoms with van der Waals surface area (Å²) in [7, 11) is 1.36. The van der Waals surface area contributed by atoms with E-state index in [4.69, 9.17) is 9.84 Å². The third kappa shape index (κ3) is 2.96. The van der Waals surface area contributed by atoms with Gasteiger partial charge in [0, 0.05) is 11.8 Å². The summed E-state index contributed by atoms with van der Waals surface area (Å²) >= 11 is 1.36. The Bertz CT molecular complexity index is 540. The van der Waals surface area contributed by atoms with Gasteiger partial charge in [-0.25, -0.2) is 14.0 Å². The van der Waals surface area contributed by atoms with Crippen LogP contribution in [-0.2, 0) is 4.79 Å². The van der Waals surface area contributed by atoms with Crippen molar-refractivity contribution in [1.29, 1.82) is 0 Å². The summed E-state index contributed by atoms with van der Waals surface area (Å²) in [4.78, 5) is 24.3. The predicted octanol–water partition coefficient (Wildman–Crippen LogP) is 1.83. The molecular weight excluding hydrogens is 287 g/mol. The fourth-order valence-corrected chi connectivity index (χ4v) is 2.95. The summed E-state index contributed by atoms with van der Waals surface area (Å²) in [6.07, 6.45) is 0. The number of carbonyl (C=O) groups is 2. The summed E-state index contributed by atoms with van der Waals surface area (Å²) < 4.78 is 18.0. The molecule has 2 rings (SSSR count). The largest absolute Gasteiger partial charge is 0.494 e. The number of nitrogens with zero attached hydrogens (tertiary/aromatic N) is 1. The molecule has 2 amide bonds. The van der Waals surface area contributed by atoms with E-state index in [1.165, 1.54) is 35.9 Å². The number of carbonyl (C=O) groups excluding carboxylic acids is 1. The van der Waals surface area contributed by atoms with Crippen LogP contribution in [0.1, 0.15) is 0 Å². The lowest BCUT2D eigenvalue weighted by atomic mass is 10.2. The zero-order chi connectivity index (χ0) is 14.7. The Morgan fingerprint density at radius 2 is 2.30 bits per heavy atom. The molecule has 1 aliphatic rings. The third-order valence-corrected chi connectivity index (χ3v) is 3.85. The molecule has 0 bridgehead atoms. The number of halogens is 1. The Morgan fingerprint density at radius 3 is 2.95 bits per heavy atom. The van der Waals surface area contributed by atoms with Crippen molar-refractivity contribution in [3.8, 4) is 5.75 Å². The van der Waals surface area contributed by atoms with E-state index in [0.29, 0.717) is 17.3 Å². The van der Waals surface area contributed by atoms with Gasteiger partial charge in [-0.05, 0) is 12.1 Å². The fourth-order valence-electron chi connectivity index (χ4n) is 1.80. The number of ether oxygens (including phenoxy) is 1. The fraction of sp³-hybridized carbons (Fsp3) is 0.333. The number of amides is 2. The number of aliphatic carboxylic acids is 1. The molecule has 0 unspecified atom stereocenters. The third-order valence-electron chi connectivity index (χ3n) is 2.83. The van der Waals surface area contributed by atoms with E-state index in [1.807, 2.05) is 0 Å². The monoisotopic (exact) mass is 300 g/mol. The molecular formula is C12H13FN2O4S. The van der Waals surface area contributed by atoms with E-state index in [1.54, 1.807) is 0 Å². The van der Waals surface area contributed by atoms with Crippen LogP contribution in [0.2, 0.25) is 0 Å². The van der Waals surface area contributed by atoms with Gasteiger partial charge in [0.15, 0.2) is 0 Å². The highest BCUT2D eigenvalue weighted by Crippen LogP contribution is 2.27. The van der Waals surface area contributed by atoms with Gasteiger partial charge in [-0.2, -0.15) is 0 Å². The van der Waals surface area contributed by atoms with Crippen LogP contribution >= 0.6 is 11.8 Å². The first-order valence-electron chi connectivity index (χ1n) is 5.74. The first-order chi connectivity index (χ1) is 9.52. The molecule has 8 heteroatoms. The number of anilines is 1. The highest BCUT2D eigenvalue weighted by Gasteiger charge is 2.34. The van der Waals surface area contributed by atoms with Crippen molar-refractivity contribution in [2.75, 3.05) is 24.1 Å². The zero-order valence-electron chi connectivity index (χ0n) is 10.6. The molecule has 1 atom stereocenters. The Kier molecular flexibility index (Phi) is 4.33. The Hall–Kier alpha value is -1.96. The van der Waals surface area contributed by atoms with E-state index < -0.39 is 23.9 Å². The first kappa shape index (κ1) is 14.4. The molecule has 0 saturated carbocycles. The summed E-state index contributed by atoms with van der Waals surface area (Å²) in [5, 5.41) is 11.6. The van der Waals surface area contributed by atoms with Gasteiger partial charge < -0.3 is 20.1 Å². The topological polar surface area (TPSA) is 78.9 Å². The number of urea groups is 1. The minimum atomic E-state index is -1.05. The minimum Gasteiger partial charge on any atom is -0.494 e. The van der Waals surface area contributed by atoms with Crippen LogP contribution in [0.4, 0.5) is 14.9 Å². The number of thioether (sulfide) groups is 1. The van der Waals surface area contributed by atoms with Crippen molar-refractivity contribution >= 4 is 29.4 Å². The Morgan fingerprint density at radius 1 is 1.55 bits per heavy atom. The van der Waals surface area contributed by atoms with Crippen LogP contribution in [0, 0.1) is 5.82 Å². The Labute approximate surface area is 118 Å². The number of nitrogens with one attached hydrogen (secondary N) is 1. The molecule has 2 N–H and O–H groups in total. The molecule has 6 nitrogen and oxygen atoms in total. The maximum Gasteiger partial charge on any atom is 0.327 e. The van der Waals surface area contributed by atoms with Crippen LogP contribution in [0.25, 0.3) is 0 Å². The SMILES string of the molecule is COc1cc(F)ccc1NC(=O)N1CSC[C@H]1C(=O)O. The second-order valence-corrected chi connectivity index (χ2v) is 5.10. The molecule has 0 aromatic heterocycles. The lowest BCUT2D eigenvalue weighted by Gasteiger charge is -2.21. The number of rotatable bonds is 3. The average molecular weight is 300 g/mol. The van der Waals surface area contributed by atoms with Crippen LogP contribution in [0.3, 0.4) is 0 Å². The normalized spacial score (nSPS) is 17.9. The van der Waals surface area contributed by atoms with Crippen molar-refractivity contribution in [1.82, 2.24) is 4.90 Å². The molecule has 0 spiro atoms. The second-order valence-electron chi connectivity index (χ2n) is 4.10. The predicted molar refractivity (Wildman–Crippen MR) is 72.6 cm³/mol. The lowest BCUT2D eigenvalue weighted by Crippen LogP contribution is -2.44. The van der Waals surface area contributed by atoms with Gasteiger partial charge in [0.1, 0.15) is 17.6 Å². The maximum absolute atomic E-state index is 13.1. The average Bonchev–Trinajstić information content (AvgIpc) is 2.90. The van der Waals surface area contributed by atoms with Crippen LogP contribution < -0.4 is 10.1 Å². The van der Waals surface area contributed by atoms with E-state index in [-0.39, 0.29) is 5.75 Å². The smallest absolute Gasteiger partial charge is 0.327 e. The molecule has 1 heterocycles. The number of hydrogen-bond donors (Lipinski definition) is 2. The second kappa shape index (κ2) is 6.00. The summed E-state index contributed by atoms with van der Waals surface area (Å²) in [5.74, 6) is -0.705. The molecule has 20 heavy (non-hydrogen) atoms. The zero-order valence-corrected chi connectivity index (χ0v) is 11.4. The lowest BCUT2D eigenvalue weighted by molar-refractivity contribution is -0.140. The molecule has 1 fully saturated rings. The molecule has 0 aliphatic carbocycles. The van der Waals surface area contributed by atoms with Gasteiger partial charge in [0.25, 0.3) is 0 Å². The van der Waals surface area contributed by atoms with Crippen molar-refractivity contribution < 1.29 is 23.8 Å². The van der Waals surface area contributed by atoms with E-state index in [9.17, 15) is 14.0 Å². The summed E-state index contributed by atoms with van der Waals surface area (Å²) in [6, 6.07) is 2.29. The van der Waals surface area contributed by atoms with Gasteiger partial charge >= 0.3 is 12.0 Å². The van der Waals surface area contributed by atoms with Gasteiger partial charge in [0.05, 0.1) is 18.7 Å². The highest BCUT2D eigenvalue weighted by molar-refractivity contribution is 7.99. The summed E-state index contributed by atoms with van der Waals surface area (Å²) in [5.41, 5.74) is 0.292. The molecule has 0 radical (unpaired) electrons. The van der Waals surface area contributed by atoms with Crippen molar-refractivity contribution in [2.24, 2.45) is 0 Å². The van der Waals surface area contributed by atoms with E-state index in [2.05, 4.69) is 5.32 Å². The quantitative estimate of drug-likeness (QED) is 0.890. The van der Waals surface area contributed by atoms with Crippen LogP contribution in [0.5, 0.6) is 5.75 Å². The molecule has 1 aromatic carbocycles. The number of benzene rings is 1. The molecule has 1 aromatic rings. The van der Waals surface area contributed by atoms with Gasteiger partial charge in [0.2, 0.25) is 0 Å². The van der Waals surface area contributed by atoms with Crippen molar-refractivity contribution in [3.63, 3.8) is 0 Å². The number of hydrogen-bond acceptors (Lipinski definition) is 4. The first-order valence-corrected chi connectivity index (χ1v) is 6.90. The maximum atomic E-state index is 13.1. The molecule has 1 saturated heterocycles. The molecule has 1 aliphatic heterocycles. The van der Waals surface area contributed by atoms with E-state index in [0.717, 1.165) is 6.07 Å². The van der Waals surface area contributed by atoms with Gasteiger partial charge in [-0.3, -0.25) is 0 Å². The molecule has 108 valence electrons.